The summed E-state index contributed by atoms with van der Waals surface area (Å²) in [6.45, 7) is 6.91. The first-order valence-electron chi connectivity index (χ1n) is 17.6. The number of hydrogen-bond acceptors (Lipinski definition) is 3. The summed E-state index contributed by atoms with van der Waals surface area (Å²) in [7, 11) is 2.23. The Balaban J connectivity index is 1.07. The van der Waals surface area contributed by atoms with E-state index in [1.54, 1.807) is 0 Å². The van der Waals surface area contributed by atoms with Gasteiger partial charge in [-0.05, 0) is 91.3 Å². The number of aryl methyl sites for hydroxylation is 1. The number of anilines is 1. The molecule has 3 nitrogen and oxygen atoms in total. The number of hydrogen-bond donors (Lipinski definition) is 0. The molecule has 0 unspecified atom stereocenters. The first kappa shape index (κ1) is 31.1. The van der Waals surface area contributed by atoms with Crippen LogP contribution in [0.3, 0.4) is 0 Å². The summed E-state index contributed by atoms with van der Waals surface area (Å²) >= 11 is 0. The maximum Gasteiger partial charge on any atom is 0.0706 e. The Kier molecular flexibility index (Phi) is 8.82. The molecule has 3 aliphatic rings. The minimum absolute atomic E-state index is 0.0349. The van der Waals surface area contributed by atoms with Crippen LogP contribution in [-0.4, -0.2) is 17.0 Å². The van der Waals surface area contributed by atoms with Gasteiger partial charge in [-0.15, -0.1) is 0 Å². The molecule has 0 N–H and O–H groups in total. The van der Waals surface area contributed by atoms with E-state index in [-0.39, 0.29) is 10.8 Å². The number of nitrogens with zero attached hydrogens (tertiary/aromatic N) is 3. The van der Waals surface area contributed by atoms with Gasteiger partial charge < -0.3 is 4.90 Å². The third-order valence-electron chi connectivity index (χ3n) is 11.2. The highest BCUT2D eigenvalue weighted by Crippen LogP contribution is 2.56. The number of pyridine rings is 2. The van der Waals surface area contributed by atoms with Crippen molar-refractivity contribution in [3.05, 3.63) is 150 Å². The lowest BCUT2D eigenvalue weighted by molar-refractivity contribution is 0.347. The van der Waals surface area contributed by atoms with Crippen molar-refractivity contribution in [2.45, 2.75) is 82.0 Å². The van der Waals surface area contributed by atoms with Crippen molar-refractivity contribution >= 4 is 27.5 Å². The van der Waals surface area contributed by atoms with Crippen LogP contribution in [0.2, 0.25) is 0 Å². The van der Waals surface area contributed by atoms with Crippen LogP contribution in [0.5, 0.6) is 0 Å². The fourth-order valence-electron chi connectivity index (χ4n) is 9.02. The van der Waals surface area contributed by atoms with Crippen molar-refractivity contribution in [2.75, 3.05) is 11.9 Å². The number of likely N-dealkylation sites (N-methyl/N-ethyl adjacent to an activating group) is 1. The highest BCUT2D eigenvalue weighted by molar-refractivity contribution is 5.93. The fourth-order valence-corrected chi connectivity index (χ4v) is 9.02. The molecule has 0 bridgehead atoms. The number of allylic oxidation sites excluding steroid dienone is 11. The van der Waals surface area contributed by atoms with Crippen molar-refractivity contribution in [3.63, 3.8) is 0 Å². The van der Waals surface area contributed by atoms with Crippen molar-refractivity contribution < 1.29 is 0 Å². The number of benzene rings is 2. The van der Waals surface area contributed by atoms with E-state index in [1.165, 1.54) is 95.8 Å². The van der Waals surface area contributed by atoms with Gasteiger partial charge >= 0.3 is 0 Å². The molecule has 2 fully saturated rings. The summed E-state index contributed by atoms with van der Waals surface area (Å²) in [4.78, 5) is 11.8. The van der Waals surface area contributed by atoms with Crippen LogP contribution in [0.15, 0.2) is 133 Å². The predicted octanol–water partition coefficient (Wildman–Crippen LogP) is 11.3. The van der Waals surface area contributed by atoms with Crippen LogP contribution in [0.25, 0.3) is 21.8 Å². The maximum atomic E-state index is 4.69. The van der Waals surface area contributed by atoms with Gasteiger partial charge in [-0.25, -0.2) is 0 Å². The lowest BCUT2D eigenvalue weighted by Crippen LogP contribution is -2.32. The zero-order valence-corrected chi connectivity index (χ0v) is 28.1. The lowest BCUT2D eigenvalue weighted by atomic mass is 9.63. The zero-order chi connectivity index (χ0) is 32.3. The van der Waals surface area contributed by atoms with Gasteiger partial charge in [-0.2, -0.15) is 0 Å². The van der Waals surface area contributed by atoms with E-state index < -0.39 is 0 Å². The van der Waals surface area contributed by atoms with Crippen molar-refractivity contribution in [1.82, 2.24) is 9.97 Å². The largest absolute Gasteiger partial charge is 0.347 e. The van der Waals surface area contributed by atoms with E-state index in [1.807, 2.05) is 12.4 Å². The molecule has 0 atom stereocenters. The smallest absolute Gasteiger partial charge is 0.0706 e. The number of fused-ring (bicyclic) bond motifs is 5. The SMILES string of the molecule is C=C(/C=C/C=C/C=C/C=C/C=C1/N(C)c2ccc3ncccc3c2C12CCCCC2)C1(c2c(C)ccc3ncccc23)CCCCC1. The number of aromatic nitrogens is 2. The second-order valence-corrected chi connectivity index (χ2v) is 13.8. The molecule has 0 radical (unpaired) electrons. The topological polar surface area (TPSA) is 29.0 Å². The van der Waals surface area contributed by atoms with Gasteiger partial charge in [0.15, 0.2) is 0 Å². The Morgan fingerprint density at radius 1 is 0.681 bits per heavy atom. The molecule has 2 aromatic carbocycles. The molecule has 47 heavy (non-hydrogen) atoms. The van der Waals surface area contributed by atoms with E-state index >= 15 is 0 Å². The summed E-state index contributed by atoms with van der Waals surface area (Å²) in [5, 5.41) is 2.59. The first-order valence-corrected chi connectivity index (χ1v) is 17.6. The molecule has 238 valence electrons. The molecule has 2 aliphatic carbocycles. The molecule has 2 saturated carbocycles. The van der Waals surface area contributed by atoms with Crippen LogP contribution in [0.4, 0.5) is 5.69 Å². The van der Waals surface area contributed by atoms with Crippen LogP contribution >= 0.6 is 0 Å². The quantitative estimate of drug-likeness (QED) is 0.193. The van der Waals surface area contributed by atoms with E-state index in [4.69, 9.17) is 0 Å². The zero-order valence-electron chi connectivity index (χ0n) is 28.1. The summed E-state index contributed by atoms with van der Waals surface area (Å²) in [5.41, 5.74) is 10.4. The Bertz CT molecular complexity index is 1940. The van der Waals surface area contributed by atoms with Gasteiger partial charge in [-0.1, -0.05) is 112 Å². The molecule has 3 heteroatoms. The van der Waals surface area contributed by atoms with E-state index in [0.717, 1.165) is 23.9 Å². The van der Waals surface area contributed by atoms with Gasteiger partial charge in [0.2, 0.25) is 0 Å². The van der Waals surface area contributed by atoms with E-state index in [9.17, 15) is 0 Å². The van der Waals surface area contributed by atoms with Crippen molar-refractivity contribution in [1.29, 1.82) is 0 Å². The second-order valence-electron chi connectivity index (χ2n) is 13.8. The molecular weight excluding hydrogens is 571 g/mol. The van der Waals surface area contributed by atoms with Gasteiger partial charge in [0, 0.05) is 52.4 Å². The maximum absolute atomic E-state index is 4.69. The minimum Gasteiger partial charge on any atom is -0.347 e. The highest BCUT2D eigenvalue weighted by atomic mass is 15.2. The molecule has 2 aromatic heterocycles. The molecule has 3 heterocycles. The normalized spacial score (nSPS) is 20.2. The average molecular weight is 618 g/mol. The Morgan fingerprint density at radius 2 is 1.26 bits per heavy atom. The second kappa shape index (κ2) is 13.3. The summed E-state index contributed by atoms with van der Waals surface area (Å²) < 4.78 is 0. The fraction of sp³-hybridized carbons (Fsp3) is 0.318. The highest BCUT2D eigenvalue weighted by Gasteiger charge is 2.47. The van der Waals surface area contributed by atoms with Crippen LogP contribution in [0, 0.1) is 6.92 Å². The third-order valence-corrected chi connectivity index (χ3v) is 11.2. The summed E-state index contributed by atoms with van der Waals surface area (Å²) in [5.74, 6) is 0. The Hall–Kier alpha value is -4.50. The van der Waals surface area contributed by atoms with Gasteiger partial charge in [0.25, 0.3) is 0 Å². The standard InChI is InChI=1S/C44H47N3/c1-33-23-24-37-35(20-17-31-45-37)41(33)43(27-13-9-14-28-43)34(2)19-11-7-5-4-6-8-12-22-40-44(29-15-10-16-30-44)42-36-21-18-32-46-38(36)25-26-39(42)47(40)3/h4-8,11-12,17-26,31-32H,2,9-10,13-16,27-30H2,1,3H3/b6-4+,7-5+,12-8+,19-11+,40-22+. The van der Waals surface area contributed by atoms with Crippen molar-refractivity contribution in [3.8, 4) is 0 Å². The van der Waals surface area contributed by atoms with Crippen LogP contribution in [-0.2, 0) is 10.8 Å². The molecular formula is C44H47N3. The van der Waals surface area contributed by atoms with Crippen molar-refractivity contribution in [2.24, 2.45) is 0 Å². The Morgan fingerprint density at radius 3 is 1.94 bits per heavy atom. The van der Waals surface area contributed by atoms with E-state index in [2.05, 4.69) is 139 Å². The molecule has 0 saturated heterocycles. The average Bonchev–Trinajstić information content (AvgIpc) is 3.33. The summed E-state index contributed by atoms with van der Waals surface area (Å²) in [6, 6.07) is 17.5. The molecule has 0 amide bonds. The van der Waals surface area contributed by atoms with Gasteiger partial charge in [0.05, 0.1) is 11.0 Å². The predicted molar refractivity (Wildman–Crippen MR) is 200 cm³/mol. The van der Waals surface area contributed by atoms with Crippen LogP contribution in [0.1, 0.15) is 80.9 Å². The first-order chi connectivity index (χ1) is 23.1. The molecule has 1 spiro atoms. The molecule has 1 aliphatic heterocycles. The lowest BCUT2D eigenvalue weighted by Gasteiger charge is -2.40. The van der Waals surface area contributed by atoms with Gasteiger partial charge in [-0.3, -0.25) is 9.97 Å². The molecule has 4 aromatic rings. The Labute approximate surface area is 280 Å². The molecule has 7 rings (SSSR count). The summed E-state index contributed by atoms with van der Waals surface area (Å²) in [6.07, 6.45) is 35.7. The van der Waals surface area contributed by atoms with Gasteiger partial charge in [0.1, 0.15) is 0 Å². The van der Waals surface area contributed by atoms with Crippen LogP contribution < -0.4 is 4.90 Å². The minimum atomic E-state index is -0.0349. The monoisotopic (exact) mass is 617 g/mol. The van der Waals surface area contributed by atoms with E-state index in [0.29, 0.717) is 0 Å². The third kappa shape index (κ3) is 5.60. The number of rotatable bonds is 7.